The lowest BCUT2D eigenvalue weighted by Crippen LogP contribution is -2.31. The molecule has 0 saturated heterocycles. The molecule has 150 valence electrons. The van der Waals surface area contributed by atoms with Gasteiger partial charge in [-0.05, 0) is 43.5 Å². The maximum absolute atomic E-state index is 14.7. The van der Waals surface area contributed by atoms with Crippen LogP contribution in [0.1, 0.15) is 45.2 Å². The Morgan fingerprint density at radius 1 is 1.24 bits per heavy atom. The van der Waals surface area contributed by atoms with Crippen molar-refractivity contribution in [3.05, 3.63) is 70.2 Å². The van der Waals surface area contributed by atoms with E-state index in [9.17, 15) is 19.4 Å². The fraction of sp³-hybridized carbons (Fsp3) is 0.273. The van der Waals surface area contributed by atoms with Gasteiger partial charge in [0.2, 0.25) is 0 Å². The maximum Gasteiger partial charge on any atom is 0.273 e. The lowest BCUT2D eigenvalue weighted by atomic mass is 9.93. The molecule has 1 aliphatic rings. The van der Waals surface area contributed by atoms with Gasteiger partial charge in [-0.1, -0.05) is 24.3 Å². The monoisotopic (exact) mass is 395 g/mol. The normalized spacial score (nSPS) is 15.8. The zero-order chi connectivity index (χ0) is 20.7. The molecule has 1 aromatic heterocycles. The molecule has 0 radical (unpaired) electrons. The number of aromatic nitrogens is 2. The summed E-state index contributed by atoms with van der Waals surface area (Å²) < 4.78 is 14.7. The van der Waals surface area contributed by atoms with Gasteiger partial charge in [0.25, 0.3) is 5.91 Å². The Bertz CT molecular complexity index is 1070. The lowest BCUT2D eigenvalue weighted by molar-refractivity contribution is 0.0730. The summed E-state index contributed by atoms with van der Waals surface area (Å²) in [6.45, 7) is 3.94. The molecule has 7 heteroatoms. The molecular weight excluding hydrogens is 373 g/mol. The molecule has 1 atom stereocenters. The minimum absolute atomic E-state index is 0.0605. The molecular formula is C22H22FN3O3. The highest BCUT2D eigenvalue weighted by atomic mass is 19.1. The number of aliphatic hydroxyl groups excluding tert-OH is 1. The first-order valence-corrected chi connectivity index (χ1v) is 9.49. The predicted octanol–water partition coefficient (Wildman–Crippen LogP) is 3.47. The second-order valence-electron chi connectivity index (χ2n) is 7.34. The summed E-state index contributed by atoms with van der Waals surface area (Å²) in [5.74, 6) is -0.667. The number of fused-ring (bicyclic) bond motifs is 1. The number of carbonyl (C=O) groups is 1. The van der Waals surface area contributed by atoms with Crippen molar-refractivity contribution in [1.29, 1.82) is 0 Å². The van der Waals surface area contributed by atoms with Gasteiger partial charge in [-0.3, -0.25) is 9.89 Å². The van der Waals surface area contributed by atoms with Crippen LogP contribution >= 0.6 is 0 Å². The number of amides is 1. The van der Waals surface area contributed by atoms with Gasteiger partial charge in [0.15, 0.2) is 0 Å². The summed E-state index contributed by atoms with van der Waals surface area (Å²) in [5.41, 5.74) is 3.84. The average Bonchev–Trinajstić information content (AvgIpc) is 3.19. The molecule has 6 nitrogen and oxygen atoms in total. The maximum atomic E-state index is 14.7. The molecule has 3 aromatic rings. The van der Waals surface area contributed by atoms with Gasteiger partial charge in [0.05, 0.1) is 6.04 Å². The van der Waals surface area contributed by atoms with E-state index in [1.807, 2.05) is 19.9 Å². The van der Waals surface area contributed by atoms with Gasteiger partial charge >= 0.3 is 0 Å². The molecule has 0 spiro atoms. The quantitative estimate of drug-likeness (QED) is 0.617. The van der Waals surface area contributed by atoms with E-state index < -0.39 is 11.9 Å². The van der Waals surface area contributed by atoms with Crippen molar-refractivity contribution in [3.63, 3.8) is 0 Å². The summed E-state index contributed by atoms with van der Waals surface area (Å²) in [6.07, 6.45) is 0.374. The fourth-order valence-corrected chi connectivity index (χ4v) is 4.13. The number of halogens is 1. The van der Waals surface area contributed by atoms with E-state index in [1.165, 1.54) is 6.07 Å². The molecule has 0 unspecified atom stereocenters. The number of phenols is 1. The minimum Gasteiger partial charge on any atom is -0.507 e. The second-order valence-corrected chi connectivity index (χ2v) is 7.34. The van der Waals surface area contributed by atoms with Gasteiger partial charge in [-0.2, -0.15) is 5.10 Å². The third kappa shape index (κ3) is 3.07. The molecule has 3 N–H and O–H groups in total. The number of aryl methyl sites for hydroxylation is 2. The highest BCUT2D eigenvalue weighted by Gasteiger charge is 2.43. The van der Waals surface area contributed by atoms with E-state index in [2.05, 4.69) is 10.2 Å². The molecule has 1 amide bonds. The lowest BCUT2D eigenvalue weighted by Gasteiger charge is -2.26. The van der Waals surface area contributed by atoms with E-state index >= 15 is 0 Å². The van der Waals surface area contributed by atoms with Crippen LogP contribution in [0, 0.1) is 19.7 Å². The standard InChI is InChI=1S/C22H22FN3O3/c1-12-10-13(2)17(16(28)11-12)19-18-20(25-24-19)22(29)26(8-5-9-27)21(18)14-6-3-4-7-15(14)23/h3-4,6-7,10-11,21,27-28H,5,8-9H2,1-2H3,(H,24,25)/t21-/m1/s1. The van der Waals surface area contributed by atoms with Crippen molar-refractivity contribution in [2.45, 2.75) is 26.3 Å². The Morgan fingerprint density at radius 2 is 2.00 bits per heavy atom. The summed E-state index contributed by atoms with van der Waals surface area (Å²) in [4.78, 5) is 14.6. The molecule has 0 bridgehead atoms. The van der Waals surface area contributed by atoms with E-state index in [0.29, 0.717) is 28.8 Å². The topological polar surface area (TPSA) is 89.5 Å². The zero-order valence-electron chi connectivity index (χ0n) is 16.2. The van der Waals surface area contributed by atoms with Crippen molar-refractivity contribution in [3.8, 4) is 17.0 Å². The van der Waals surface area contributed by atoms with Crippen LogP contribution in [0.2, 0.25) is 0 Å². The molecule has 1 aliphatic heterocycles. The number of aromatic hydroxyl groups is 1. The predicted molar refractivity (Wildman–Crippen MR) is 106 cm³/mol. The van der Waals surface area contributed by atoms with Gasteiger partial charge in [0.1, 0.15) is 23.0 Å². The number of phenolic OH excluding ortho intramolecular Hbond substituents is 1. The van der Waals surface area contributed by atoms with E-state index in [-0.39, 0.29) is 30.5 Å². The number of rotatable bonds is 5. The Hall–Kier alpha value is -3.19. The van der Waals surface area contributed by atoms with E-state index in [0.717, 1.165) is 11.1 Å². The van der Waals surface area contributed by atoms with Crippen molar-refractivity contribution < 1.29 is 19.4 Å². The zero-order valence-corrected chi connectivity index (χ0v) is 16.2. The number of hydrogen-bond acceptors (Lipinski definition) is 4. The van der Waals surface area contributed by atoms with Gasteiger partial charge in [-0.15, -0.1) is 0 Å². The summed E-state index contributed by atoms with van der Waals surface area (Å²) >= 11 is 0. The van der Waals surface area contributed by atoms with Gasteiger partial charge in [0, 0.05) is 29.8 Å². The van der Waals surface area contributed by atoms with Crippen LogP contribution in [0.5, 0.6) is 5.75 Å². The number of H-pyrrole nitrogens is 1. The Balaban J connectivity index is 1.94. The van der Waals surface area contributed by atoms with Crippen LogP contribution in [0.15, 0.2) is 36.4 Å². The van der Waals surface area contributed by atoms with Crippen LogP contribution in [0.3, 0.4) is 0 Å². The summed E-state index contributed by atoms with van der Waals surface area (Å²) in [5, 5.41) is 27.0. The molecule has 0 fully saturated rings. The number of aromatic amines is 1. The Morgan fingerprint density at radius 3 is 2.69 bits per heavy atom. The smallest absolute Gasteiger partial charge is 0.273 e. The molecule has 2 heterocycles. The first-order chi connectivity index (χ1) is 13.9. The fourth-order valence-electron chi connectivity index (χ4n) is 4.13. The first kappa shape index (κ1) is 19.1. The van der Waals surface area contributed by atoms with Crippen molar-refractivity contribution in [2.24, 2.45) is 0 Å². The molecule has 2 aromatic carbocycles. The van der Waals surface area contributed by atoms with Crippen LogP contribution in [-0.4, -0.2) is 44.4 Å². The van der Waals surface area contributed by atoms with E-state index in [4.69, 9.17) is 0 Å². The largest absolute Gasteiger partial charge is 0.507 e. The molecule has 4 rings (SSSR count). The Labute approximate surface area is 167 Å². The molecule has 0 saturated carbocycles. The van der Waals surface area contributed by atoms with Gasteiger partial charge in [-0.25, -0.2) is 4.39 Å². The highest BCUT2D eigenvalue weighted by molar-refractivity contribution is 6.00. The second kappa shape index (κ2) is 7.33. The number of benzene rings is 2. The summed E-state index contributed by atoms with van der Waals surface area (Å²) in [7, 11) is 0. The van der Waals surface area contributed by atoms with Crippen LogP contribution in [0.4, 0.5) is 4.39 Å². The number of nitrogens with one attached hydrogen (secondary N) is 1. The van der Waals surface area contributed by atoms with E-state index in [1.54, 1.807) is 29.2 Å². The first-order valence-electron chi connectivity index (χ1n) is 9.49. The van der Waals surface area contributed by atoms with Crippen molar-refractivity contribution in [1.82, 2.24) is 15.1 Å². The number of nitrogens with zero attached hydrogens (tertiary/aromatic N) is 2. The number of aliphatic hydroxyl groups is 1. The van der Waals surface area contributed by atoms with Crippen LogP contribution in [-0.2, 0) is 0 Å². The molecule has 29 heavy (non-hydrogen) atoms. The van der Waals surface area contributed by atoms with Crippen molar-refractivity contribution >= 4 is 5.91 Å². The molecule has 0 aliphatic carbocycles. The average molecular weight is 395 g/mol. The number of hydrogen-bond donors (Lipinski definition) is 3. The summed E-state index contributed by atoms with van der Waals surface area (Å²) in [6, 6.07) is 9.19. The number of carbonyl (C=O) groups excluding carboxylic acids is 1. The van der Waals surface area contributed by atoms with Crippen molar-refractivity contribution in [2.75, 3.05) is 13.2 Å². The third-order valence-corrected chi connectivity index (χ3v) is 5.32. The minimum atomic E-state index is -0.695. The highest BCUT2D eigenvalue weighted by Crippen LogP contribution is 2.46. The third-order valence-electron chi connectivity index (χ3n) is 5.32. The van der Waals surface area contributed by atoms with Crippen LogP contribution < -0.4 is 0 Å². The van der Waals surface area contributed by atoms with Crippen LogP contribution in [0.25, 0.3) is 11.3 Å². The van der Waals surface area contributed by atoms with Gasteiger partial charge < -0.3 is 15.1 Å². The SMILES string of the molecule is Cc1cc(C)c(-c2n[nH]c3c2[C@@H](c2ccccc2F)N(CCCO)C3=O)c(O)c1. The Kier molecular flexibility index (Phi) is 4.84.